The third-order valence-corrected chi connectivity index (χ3v) is 8.70. The average molecular weight is 497 g/mol. The first kappa shape index (κ1) is 24.9. The molecular formula is C26H32N4O4S. The highest BCUT2D eigenvalue weighted by molar-refractivity contribution is 7.89. The average Bonchev–Trinajstić information content (AvgIpc) is 3.13. The SMILES string of the molecule is COc1ccc(NC(=O)c2ccc(Cn3nc(C)c(S(=O)(=O)N4CCC(C)CC4)c3C)cc2)cc1. The van der Waals surface area contributed by atoms with Crippen LogP contribution in [0.1, 0.15) is 47.1 Å². The second-order valence-corrected chi connectivity index (χ2v) is 11.0. The van der Waals surface area contributed by atoms with Gasteiger partial charge in [0.15, 0.2) is 0 Å². The zero-order valence-electron chi connectivity index (χ0n) is 20.6. The van der Waals surface area contributed by atoms with Gasteiger partial charge in [-0.1, -0.05) is 19.1 Å². The number of anilines is 1. The van der Waals surface area contributed by atoms with Crippen LogP contribution in [0.15, 0.2) is 53.4 Å². The first-order chi connectivity index (χ1) is 16.7. The van der Waals surface area contributed by atoms with Gasteiger partial charge >= 0.3 is 0 Å². The number of aryl methyl sites for hydroxylation is 1. The van der Waals surface area contributed by atoms with Crippen molar-refractivity contribution < 1.29 is 17.9 Å². The van der Waals surface area contributed by atoms with Gasteiger partial charge in [-0.2, -0.15) is 9.40 Å². The molecule has 1 aliphatic heterocycles. The standard InChI is InChI=1S/C26H32N4O4S/c1-18-13-15-29(16-14-18)35(32,33)25-19(2)28-30(20(25)3)17-21-5-7-22(8-6-21)26(31)27-23-9-11-24(34-4)12-10-23/h5-12,18H,13-17H2,1-4H3,(H,27,31). The summed E-state index contributed by atoms with van der Waals surface area (Å²) in [7, 11) is -1.99. The summed E-state index contributed by atoms with van der Waals surface area (Å²) in [4.78, 5) is 12.9. The van der Waals surface area contributed by atoms with Gasteiger partial charge in [-0.3, -0.25) is 9.48 Å². The first-order valence-electron chi connectivity index (χ1n) is 11.8. The molecule has 0 saturated carbocycles. The molecule has 0 unspecified atom stereocenters. The molecule has 0 bridgehead atoms. The zero-order chi connectivity index (χ0) is 25.2. The van der Waals surface area contributed by atoms with E-state index in [0.29, 0.717) is 53.1 Å². The molecule has 0 spiro atoms. The monoisotopic (exact) mass is 496 g/mol. The molecule has 1 amide bonds. The van der Waals surface area contributed by atoms with Crippen molar-refractivity contribution in [2.45, 2.75) is 45.1 Å². The summed E-state index contributed by atoms with van der Waals surface area (Å²) in [6.45, 7) is 7.22. The number of hydrogen-bond donors (Lipinski definition) is 1. The summed E-state index contributed by atoms with van der Waals surface area (Å²) in [5.41, 5.74) is 3.27. The van der Waals surface area contributed by atoms with E-state index in [1.807, 2.05) is 12.1 Å². The maximum Gasteiger partial charge on any atom is 0.255 e. The van der Waals surface area contributed by atoms with Crippen molar-refractivity contribution in [2.75, 3.05) is 25.5 Å². The third-order valence-electron chi connectivity index (χ3n) is 6.55. The number of ether oxygens (including phenoxy) is 1. The maximum atomic E-state index is 13.3. The Morgan fingerprint density at radius 1 is 1.06 bits per heavy atom. The van der Waals surface area contributed by atoms with Gasteiger partial charge in [0.1, 0.15) is 10.6 Å². The highest BCUT2D eigenvalue weighted by Gasteiger charge is 2.33. The van der Waals surface area contributed by atoms with E-state index in [1.165, 1.54) is 0 Å². The number of benzene rings is 2. The molecule has 8 nitrogen and oxygen atoms in total. The molecule has 1 saturated heterocycles. The summed E-state index contributed by atoms with van der Waals surface area (Å²) in [5, 5.41) is 7.40. The van der Waals surface area contributed by atoms with Gasteiger partial charge in [0.05, 0.1) is 25.0 Å². The van der Waals surface area contributed by atoms with E-state index in [9.17, 15) is 13.2 Å². The summed E-state index contributed by atoms with van der Waals surface area (Å²) in [6.07, 6.45) is 1.76. The van der Waals surface area contributed by atoms with E-state index in [2.05, 4.69) is 17.3 Å². The molecule has 1 aliphatic rings. The Kier molecular flexibility index (Phi) is 7.28. The van der Waals surface area contributed by atoms with Crippen LogP contribution in [0.2, 0.25) is 0 Å². The predicted molar refractivity (Wildman–Crippen MR) is 135 cm³/mol. The predicted octanol–water partition coefficient (Wildman–Crippen LogP) is 4.23. The number of carbonyl (C=O) groups is 1. The number of nitrogens with zero attached hydrogens (tertiary/aromatic N) is 3. The molecule has 1 aromatic heterocycles. The van der Waals surface area contributed by atoms with Crippen molar-refractivity contribution in [1.82, 2.24) is 14.1 Å². The minimum Gasteiger partial charge on any atom is -0.497 e. The van der Waals surface area contributed by atoms with Gasteiger partial charge in [-0.15, -0.1) is 0 Å². The number of piperidine rings is 1. The topological polar surface area (TPSA) is 93.5 Å². The molecular weight excluding hydrogens is 464 g/mol. The molecule has 35 heavy (non-hydrogen) atoms. The Balaban J connectivity index is 1.46. The summed E-state index contributed by atoms with van der Waals surface area (Å²) >= 11 is 0. The van der Waals surface area contributed by atoms with Crippen LogP contribution in [0.5, 0.6) is 5.75 Å². The third kappa shape index (κ3) is 5.41. The Bertz CT molecular complexity index is 1290. The van der Waals surface area contributed by atoms with Gasteiger partial charge in [0, 0.05) is 24.3 Å². The Labute approximate surface area is 207 Å². The second-order valence-electron chi connectivity index (χ2n) is 9.12. The molecule has 2 aromatic carbocycles. The molecule has 1 fully saturated rings. The number of aromatic nitrogens is 2. The van der Waals surface area contributed by atoms with Crippen molar-refractivity contribution in [3.05, 3.63) is 71.0 Å². The lowest BCUT2D eigenvalue weighted by molar-refractivity contribution is 0.102. The molecule has 2 heterocycles. The minimum atomic E-state index is -3.58. The smallest absolute Gasteiger partial charge is 0.255 e. The molecule has 0 atom stereocenters. The fourth-order valence-corrected chi connectivity index (χ4v) is 6.22. The van der Waals surface area contributed by atoms with Crippen LogP contribution in [-0.2, 0) is 16.6 Å². The highest BCUT2D eigenvalue weighted by atomic mass is 32.2. The lowest BCUT2D eigenvalue weighted by Crippen LogP contribution is -2.38. The normalized spacial score (nSPS) is 15.2. The van der Waals surface area contributed by atoms with Crippen LogP contribution in [-0.4, -0.2) is 48.6 Å². The van der Waals surface area contributed by atoms with Crippen molar-refractivity contribution in [3.8, 4) is 5.75 Å². The lowest BCUT2D eigenvalue weighted by atomic mass is 10.0. The maximum absolute atomic E-state index is 13.3. The Hall–Kier alpha value is -3.17. The van der Waals surface area contributed by atoms with E-state index >= 15 is 0 Å². The largest absolute Gasteiger partial charge is 0.497 e. The summed E-state index contributed by atoms with van der Waals surface area (Å²) < 4.78 is 35.1. The van der Waals surface area contributed by atoms with E-state index in [0.717, 1.165) is 24.2 Å². The van der Waals surface area contributed by atoms with E-state index < -0.39 is 10.0 Å². The van der Waals surface area contributed by atoms with Crippen LogP contribution < -0.4 is 10.1 Å². The first-order valence-corrected chi connectivity index (χ1v) is 13.2. The van der Waals surface area contributed by atoms with E-state index in [4.69, 9.17) is 4.74 Å². The molecule has 186 valence electrons. The van der Waals surface area contributed by atoms with Crippen LogP contribution in [0.3, 0.4) is 0 Å². The number of hydrogen-bond acceptors (Lipinski definition) is 5. The number of amides is 1. The number of rotatable bonds is 7. The van der Waals surface area contributed by atoms with Crippen molar-refractivity contribution in [2.24, 2.45) is 5.92 Å². The van der Waals surface area contributed by atoms with Crippen LogP contribution in [0.25, 0.3) is 0 Å². The van der Waals surface area contributed by atoms with Crippen LogP contribution in [0.4, 0.5) is 5.69 Å². The zero-order valence-corrected chi connectivity index (χ0v) is 21.4. The summed E-state index contributed by atoms with van der Waals surface area (Å²) in [5.74, 6) is 1.06. The van der Waals surface area contributed by atoms with Gasteiger partial charge in [0.2, 0.25) is 10.0 Å². The molecule has 0 radical (unpaired) electrons. The van der Waals surface area contributed by atoms with Gasteiger partial charge in [-0.05, 0) is 74.6 Å². The molecule has 1 N–H and O–H groups in total. The molecule has 9 heteroatoms. The quantitative estimate of drug-likeness (QED) is 0.528. The number of carbonyl (C=O) groups excluding carboxylic acids is 1. The number of methoxy groups -OCH3 is 1. The molecule has 3 aromatic rings. The molecule has 4 rings (SSSR count). The van der Waals surface area contributed by atoms with Gasteiger partial charge in [0.25, 0.3) is 5.91 Å². The second kappa shape index (κ2) is 10.2. The number of nitrogens with one attached hydrogen (secondary N) is 1. The van der Waals surface area contributed by atoms with Crippen LogP contribution in [0, 0.1) is 19.8 Å². The Morgan fingerprint density at radius 3 is 2.29 bits per heavy atom. The van der Waals surface area contributed by atoms with E-state index in [1.54, 1.807) is 66.3 Å². The fourth-order valence-electron chi connectivity index (χ4n) is 4.37. The van der Waals surface area contributed by atoms with Gasteiger partial charge in [-0.25, -0.2) is 8.42 Å². The minimum absolute atomic E-state index is 0.211. The van der Waals surface area contributed by atoms with Gasteiger partial charge < -0.3 is 10.1 Å². The van der Waals surface area contributed by atoms with E-state index in [-0.39, 0.29) is 5.91 Å². The number of sulfonamides is 1. The lowest BCUT2D eigenvalue weighted by Gasteiger charge is -2.29. The Morgan fingerprint density at radius 2 is 1.69 bits per heavy atom. The van der Waals surface area contributed by atoms with Crippen molar-refractivity contribution >= 4 is 21.6 Å². The highest BCUT2D eigenvalue weighted by Crippen LogP contribution is 2.28. The van der Waals surface area contributed by atoms with Crippen molar-refractivity contribution in [1.29, 1.82) is 0 Å². The van der Waals surface area contributed by atoms with Crippen LogP contribution >= 0.6 is 0 Å². The molecule has 0 aliphatic carbocycles. The fraction of sp³-hybridized carbons (Fsp3) is 0.385. The van der Waals surface area contributed by atoms with Crippen molar-refractivity contribution in [3.63, 3.8) is 0 Å². The summed E-state index contributed by atoms with van der Waals surface area (Å²) in [6, 6.07) is 14.4.